The van der Waals surface area contributed by atoms with Gasteiger partial charge in [0.2, 0.25) is 0 Å². The Morgan fingerprint density at radius 3 is 2.48 bits per heavy atom. The molecule has 1 saturated carbocycles. The molecular weight excluding hydrogens is 443 g/mol. The van der Waals surface area contributed by atoms with Gasteiger partial charge in [0.1, 0.15) is 12.7 Å². The van der Waals surface area contributed by atoms with Gasteiger partial charge in [-0.15, -0.1) is 0 Å². The average Bonchev–Trinajstić information content (AvgIpc) is 2.66. The molecule has 148 valence electrons. The van der Waals surface area contributed by atoms with Crippen molar-refractivity contribution in [1.29, 1.82) is 0 Å². The molecule has 0 saturated heterocycles. The zero-order valence-electron chi connectivity index (χ0n) is 17.0. The van der Waals surface area contributed by atoms with Crippen molar-refractivity contribution in [3.8, 4) is 0 Å². The van der Waals surface area contributed by atoms with Crippen LogP contribution < -0.4 is 33.4 Å². The number of halogens is 1. The average molecular weight is 478 g/mol. The number of rotatable bonds is 8. The van der Waals surface area contributed by atoms with E-state index in [1.165, 1.54) is 74.7 Å². The maximum Gasteiger partial charge on any atom is 0.192 e. The number of aryl methyl sites for hydroxylation is 2. The number of benzene rings is 1. The lowest BCUT2D eigenvalue weighted by molar-refractivity contribution is -0.670. The van der Waals surface area contributed by atoms with Crippen LogP contribution in [0.5, 0.6) is 0 Å². The number of pyridine rings is 1. The first-order valence-electron chi connectivity index (χ1n) is 10.5. The summed E-state index contributed by atoms with van der Waals surface area (Å²) >= 11 is 0. The zero-order valence-corrected chi connectivity index (χ0v) is 19.2. The van der Waals surface area contributed by atoms with Crippen LogP contribution in [-0.4, -0.2) is 6.54 Å². The van der Waals surface area contributed by atoms with Crippen LogP contribution in [-0.2, 0) is 7.05 Å². The first-order chi connectivity index (χ1) is 12.7. The number of anilines is 2. The van der Waals surface area contributed by atoms with E-state index in [4.69, 9.17) is 0 Å². The van der Waals surface area contributed by atoms with Crippen molar-refractivity contribution in [2.45, 2.75) is 64.7 Å². The molecule has 27 heavy (non-hydrogen) atoms. The predicted molar refractivity (Wildman–Crippen MR) is 111 cm³/mol. The Bertz CT molecular complexity index is 680. The summed E-state index contributed by atoms with van der Waals surface area (Å²) in [6.45, 7) is 3.31. The van der Waals surface area contributed by atoms with Crippen molar-refractivity contribution < 1.29 is 28.5 Å². The summed E-state index contributed by atoms with van der Waals surface area (Å²) < 4.78 is 2.14. The molecule has 0 atom stereocenters. The maximum absolute atomic E-state index is 2.50. The van der Waals surface area contributed by atoms with Gasteiger partial charge >= 0.3 is 0 Å². The van der Waals surface area contributed by atoms with Gasteiger partial charge in [-0.05, 0) is 37.0 Å². The SMILES string of the molecule is Cc1ccccc1N(CCCCCC1CCCCC1)c1ccc[n+](C)c1.[I-]. The topological polar surface area (TPSA) is 7.12 Å². The van der Waals surface area contributed by atoms with Crippen LogP contribution in [0.4, 0.5) is 11.4 Å². The van der Waals surface area contributed by atoms with E-state index in [0.29, 0.717) is 0 Å². The molecule has 0 N–H and O–H groups in total. The van der Waals surface area contributed by atoms with E-state index < -0.39 is 0 Å². The smallest absolute Gasteiger partial charge is 0.192 e. The number of aromatic nitrogens is 1. The van der Waals surface area contributed by atoms with Crippen LogP contribution in [0.25, 0.3) is 0 Å². The standard InChI is InChI=1S/C24H35N2.HI/c1-21-12-8-9-17-24(21)26(23-16-11-18-25(2)20-23)19-10-4-7-15-22-13-5-3-6-14-22;/h8-9,11-12,16-18,20,22H,3-7,10,13-15,19H2,1-2H3;1H/q+1;/p-1. The third kappa shape index (κ3) is 6.78. The fourth-order valence-corrected chi connectivity index (χ4v) is 4.34. The molecule has 0 unspecified atom stereocenters. The van der Waals surface area contributed by atoms with Crippen molar-refractivity contribution in [2.24, 2.45) is 13.0 Å². The number of unbranched alkanes of at least 4 members (excludes halogenated alkanes) is 2. The van der Waals surface area contributed by atoms with E-state index >= 15 is 0 Å². The highest BCUT2D eigenvalue weighted by molar-refractivity contribution is 5.65. The van der Waals surface area contributed by atoms with Gasteiger partial charge in [0, 0.05) is 18.3 Å². The summed E-state index contributed by atoms with van der Waals surface area (Å²) in [5, 5.41) is 0. The van der Waals surface area contributed by atoms with E-state index in [-0.39, 0.29) is 24.0 Å². The van der Waals surface area contributed by atoms with Gasteiger partial charge in [0.15, 0.2) is 12.4 Å². The molecule has 0 radical (unpaired) electrons. The van der Waals surface area contributed by atoms with Crippen LogP contribution in [0.3, 0.4) is 0 Å². The predicted octanol–water partition coefficient (Wildman–Crippen LogP) is 3.10. The fourth-order valence-electron chi connectivity index (χ4n) is 4.34. The van der Waals surface area contributed by atoms with Gasteiger partial charge in [-0.2, -0.15) is 0 Å². The Kier molecular flexibility index (Phi) is 9.60. The molecule has 0 spiro atoms. The third-order valence-corrected chi connectivity index (χ3v) is 5.86. The summed E-state index contributed by atoms with van der Waals surface area (Å²) in [6, 6.07) is 13.1. The minimum atomic E-state index is 0. The molecule has 1 aliphatic carbocycles. The van der Waals surface area contributed by atoms with E-state index in [1.807, 2.05) is 0 Å². The summed E-state index contributed by atoms with van der Waals surface area (Å²) in [4.78, 5) is 2.50. The van der Waals surface area contributed by atoms with Gasteiger partial charge < -0.3 is 28.9 Å². The van der Waals surface area contributed by atoms with Crippen LogP contribution in [0.1, 0.15) is 63.4 Å². The lowest BCUT2D eigenvalue weighted by Gasteiger charge is -2.26. The number of para-hydroxylation sites is 1. The molecule has 3 heteroatoms. The van der Waals surface area contributed by atoms with Crippen molar-refractivity contribution in [1.82, 2.24) is 0 Å². The van der Waals surface area contributed by atoms with Crippen molar-refractivity contribution in [3.63, 3.8) is 0 Å². The molecule has 1 aromatic heterocycles. The quantitative estimate of drug-likeness (QED) is 0.322. The molecule has 2 nitrogen and oxygen atoms in total. The van der Waals surface area contributed by atoms with Gasteiger partial charge in [-0.3, -0.25) is 0 Å². The van der Waals surface area contributed by atoms with E-state index in [1.54, 1.807) is 0 Å². The number of hydrogen-bond acceptors (Lipinski definition) is 1. The Labute approximate surface area is 183 Å². The molecule has 1 aromatic carbocycles. The van der Waals surface area contributed by atoms with Crippen LogP contribution in [0.15, 0.2) is 48.8 Å². The van der Waals surface area contributed by atoms with Gasteiger partial charge in [0.25, 0.3) is 0 Å². The highest BCUT2D eigenvalue weighted by atomic mass is 127. The number of hydrogen-bond donors (Lipinski definition) is 0. The number of nitrogens with zero attached hydrogens (tertiary/aromatic N) is 2. The summed E-state index contributed by atoms with van der Waals surface area (Å²) in [6.07, 6.45) is 17.2. The third-order valence-electron chi connectivity index (χ3n) is 5.86. The summed E-state index contributed by atoms with van der Waals surface area (Å²) in [5.41, 5.74) is 3.98. The summed E-state index contributed by atoms with van der Waals surface area (Å²) in [7, 11) is 2.10. The lowest BCUT2D eigenvalue weighted by atomic mass is 9.85. The minimum absolute atomic E-state index is 0. The highest BCUT2D eigenvalue weighted by Crippen LogP contribution is 2.30. The summed E-state index contributed by atoms with van der Waals surface area (Å²) in [5.74, 6) is 1.02. The zero-order chi connectivity index (χ0) is 18.2. The molecule has 0 amide bonds. The minimum Gasteiger partial charge on any atom is -1.00 e. The molecule has 0 aliphatic heterocycles. The second-order valence-electron chi connectivity index (χ2n) is 8.02. The van der Waals surface area contributed by atoms with Crippen LogP contribution in [0.2, 0.25) is 0 Å². The van der Waals surface area contributed by atoms with Crippen LogP contribution >= 0.6 is 0 Å². The Hall–Kier alpha value is -1.10. The fraction of sp³-hybridized carbons (Fsp3) is 0.542. The monoisotopic (exact) mass is 478 g/mol. The Balaban J connectivity index is 0.00000261. The highest BCUT2D eigenvalue weighted by Gasteiger charge is 2.15. The first-order valence-corrected chi connectivity index (χ1v) is 10.5. The molecule has 0 bridgehead atoms. The second-order valence-corrected chi connectivity index (χ2v) is 8.02. The molecule has 1 heterocycles. The molecule has 1 aliphatic rings. The van der Waals surface area contributed by atoms with Gasteiger partial charge in [-0.1, -0.05) is 69.6 Å². The van der Waals surface area contributed by atoms with E-state index in [2.05, 4.69) is 72.2 Å². The molecule has 3 rings (SSSR count). The Morgan fingerprint density at radius 1 is 0.963 bits per heavy atom. The molecule has 1 fully saturated rings. The lowest BCUT2D eigenvalue weighted by Crippen LogP contribution is -3.00. The Morgan fingerprint density at radius 2 is 1.74 bits per heavy atom. The van der Waals surface area contributed by atoms with E-state index in [0.717, 1.165) is 12.5 Å². The van der Waals surface area contributed by atoms with Crippen molar-refractivity contribution in [2.75, 3.05) is 11.4 Å². The molecular formula is C24H35IN2. The normalized spacial score (nSPS) is 14.6. The van der Waals surface area contributed by atoms with Gasteiger partial charge in [-0.25, -0.2) is 4.57 Å². The van der Waals surface area contributed by atoms with Gasteiger partial charge in [0.05, 0.1) is 0 Å². The van der Waals surface area contributed by atoms with Crippen molar-refractivity contribution in [3.05, 3.63) is 54.4 Å². The van der Waals surface area contributed by atoms with E-state index in [9.17, 15) is 0 Å². The van der Waals surface area contributed by atoms with Crippen LogP contribution in [0, 0.1) is 12.8 Å². The molecule has 2 aromatic rings. The maximum atomic E-state index is 2.50. The second kappa shape index (κ2) is 11.7. The largest absolute Gasteiger partial charge is 1.00 e. The van der Waals surface area contributed by atoms with Crippen molar-refractivity contribution >= 4 is 11.4 Å². The first kappa shape index (κ1) is 22.2.